The van der Waals surface area contributed by atoms with E-state index in [4.69, 9.17) is 50.5 Å². The lowest BCUT2D eigenvalue weighted by molar-refractivity contribution is 0.0491. The number of piperazine rings is 1. The fourth-order valence-corrected chi connectivity index (χ4v) is 5.64. The SMILES string of the molecule is CCN=C(N)OC(=N)c1nc(Cl)c(N2CCN(C3CCN(C(=O)c4ccc(Cl)nc4N)CC3)[C@@H](CC)C2)nc1N. The fraction of sp³-hybridized carbons (Fsp3) is 0.520. The van der Waals surface area contributed by atoms with Gasteiger partial charge in [-0.1, -0.05) is 30.1 Å². The number of piperidine rings is 1. The summed E-state index contributed by atoms with van der Waals surface area (Å²) < 4.78 is 5.18. The van der Waals surface area contributed by atoms with Crippen molar-refractivity contribution in [3.8, 4) is 0 Å². The number of hydrogen-bond donors (Lipinski definition) is 4. The number of nitrogens with one attached hydrogen (secondary N) is 1. The smallest absolute Gasteiger partial charge is 0.288 e. The largest absolute Gasteiger partial charge is 0.405 e. The average Bonchev–Trinajstić information content (AvgIpc) is 2.93. The monoisotopic (exact) mass is 591 g/mol. The van der Waals surface area contributed by atoms with E-state index in [1.165, 1.54) is 0 Å². The van der Waals surface area contributed by atoms with Gasteiger partial charge in [-0.25, -0.2) is 19.9 Å². The molecular formula is C25H35Cl2N11O2. The Morgan fingerprint density at radius 2 is 1.82 bits per heavy atom. The highest BCUT2D eigenvalue weighted by Crippen LogP contribution is 2.30. The molecule has 0 aromatic carbocycles. The van der Waals surface area contributed by atoms with Gasteiger partial charge in [-0.3, -0.25) is 15.1 Å². The molecule has 0 bridgehead atoms. The van der Waals surface area contributed by atoms with E-state index in [0.29, 0.717) is 50.1 Å². The molecule has 15 heteroatoms. The maximum absolute atomic E-state index is 13.0. The summed E-state index contributed by atoms with van der Waals surface area (Å²) in [5.74, 6) is 0.154. The molecule has 0 spiro atoms. The molecule has 4 heterocycles. The number of carbonyl (C=O) groups excluding carboxylic acids is 1. The number of aromatic nitrogens is 3. The number of ether oxygens (including phenoxy) is 1. The molecule has 7 N–H and O–H groups in total. The van der Waals surface area contributed by atoms with E-state index in [2.05, 4.69) is 36.7 Å². The van der Waals surface area contributed by atoms with E-state index in [-0.39, 0.29) is 51.5 Å². The van der Waals surface area contributed by atoms with Crippen LogP contribution in [0.15, 0.2) is 17.1 Å². The first kappa shape index (κ1) is 29.6. The summed E-state index contributed by atoms with van der Waals surface area (Å²) in [6.07, 6.45) is 2.64. The van der Waals surface area contributed by atoms with Gasteiger partial charge in [0.05, 0.1) is 5.56 Å². The maximum atomic E-state index is 13.0. The van der Waals surface area contributed by atoms with E-state index in [1.807, 2.05) is 4.90 Å². The number of pyridine rings is 1. The standard InChI is InChI=1S/C25H35Cl2N11O2/c1-3-14-13-37(23-19(27)34-18(21(29)35-23)22(30)40-25(31)32-4-2)11-12-38(14)15-7-9-36(10-8-15)24(39)16-5-6-17(26)33-20(16)28/h5-6,14-15,30H,3-4,7-13H2,1-2H3,(H2,28,33)(H2,29,35)(H2,31,32)/t14-/m0/s1. The molecule has 0 aliphatic carbocycles. The predicted molar refractivity (Wildman–Crippen MR) is 157 cm³/mol. The van der Waals surface area contributed by atoms with Gasteiger partial charge in [0.25, 0.3) is 11.9 Å². The lowest BCUT2D eigenvalue weighted by atomic mass is 9.97. The molecule has 216 valence electrons. The molecule has 0 unspecified atom stereocenters. The molecule has 2 aromatic rings. The number of likely N-dealkylation sites (tertiary alicyclic amines) is 1. The van der Waals surface area contributed by atoms with Crippen LogP contribution in [0.2, 0.25) is 10.3 Å². The normalized spacial score (nSPS) is 19.1. The molecular weight excluding hydrogens is 557 g/mol. The maximum Gasteiger partial charge on any atom is 0.288 e. The second-order valence-corrected chi connectivity index (χ2v) is 10.4. The quantitative estimate of drug-likeness (QED) is 0.220. The van der Waals surface area contributed by atoms with Crippen LogP contribution in [0.4, 0.5) is 17.5 Å². The minimum absolute atomic E-state index is 0.00567. The van der Waals surface area contributed by atoms with Gasteiger partial charge in [0.2, 0.25) is 5.90 Å². The third kappa shape index (κ3) is 6.48. The molecule has 0 radical (unpaired) electrons. The molecule has 13 nitrogen and oxygen atoms in total. The van der Waals surface area contributed by atoms with Crippen molar-refractivity contribution in [2.24, 2.45) is 10.7 Å². The van der Waals surface area contributed by atoms with Gasteiger partial charge < -0.3 is 31.7 Å². The van der Waals surface area contributed by atoms with Gasteiger partial charge in [-0.05, 0) is 38.3 Å². The molecule has 2 saturated heterocycles. The zero-order valence-electron chi connectivity index (χ0n) is 22.6. The van der Waals surface area contributed by atoms with E-state index < -0.39 is 0 Å². The third-order valence-electron chi connectivity index (χ3n) is 7.24. The second kappa shape index (κ2) is 12.8. The van der Waals surface area contributed by atoms with Crippen molar-refractivity contribution in [3.63, 3.8) is 0 Å². The highest BCUT2D eigenvalue weighted by Gasteiger charge is 2.35. The van der Waals surface area contributed by atoms with Crippen molar-refractivity contribution in [2.75, 3.05) is 55.6 Å². The lowest BCUT2D eigenvalue weighted by Crippen LogP contribution is -2.58. The summed E-state index contributed by atoms with van der Waals surface area (Å²) in [4.78, 5) is 36.1. The van der Waals surface area contributed by atoms with E-state index >= 15 is 0 Å². The molecule has 1 atom stereocenters. The van der Waals surface area contributed by atoms with Crippen molar-refractivity contribution in [1.29, 1.82) is 5.41 Å². The Bertz CT molecular complexity index is 1280. The van der Waals surface area contributed by atoms with Crippen LogP contribution >= 0.6 is 23.2 Å². The van der Waals surface area contributed by atoms with E-state index in [1.54, 1.807) is 19.1 Å². The Kier molecular flexibility index (Phi) is 9.48. The van der Waals surface area contributed by atoms with Gasteiger partial charge >= 0.3 is 0 Å². The van der Waals surface area contributed by atoms with Crippen molar-refractivity contribution >= 4 is 58.5 Å². The van der Waals surface area contributed by atoms with Crippen molar-refractivity contribution in [3.05, 3.63) is 33.7 Å². The number of nitrogens with zero attached hydrogens (tertiary/aromatic N) is 7. The first-order valence-corrected chi connectivity index (χ1v) is 14.0. The first-order chi connectivity index (χ1) is 19.1. The van der Waals surface area contributed by atoms with Crippen LogP contribution in [0.5, 0.6) is 0 Å². The van der Waals surface area contributed by atoms with Gasteiger partial charge in [-0.15, -0.1) is 0 Å². The topological polar surface area (TPSA) is 189 Å². The van der Waals surface area contributed by atoms with E-state index in [0.717, 1.165) is 25.8 Å². The number of halogens is 2. The Balaban J connectivity index is 1.39. The number of nitrogen functional groups attached to an aromatic ring is 2. The molecule has 4 rings (SSSR count). The minimum Gasteiger partial charge on any atom is -0.405 e. The summed E-state index contributed by atoms with van der Waals surface area (Å²) in [6, 6.07) is 3.65. The Morgan fingerprint density at radius 1 is 1.10 bits per heavy atom. The molecule has 0 saturated carbocycles. The number of anilines is 3. The molecule has 2 aliphatic heterocycles. The summed E-state index contributed by atoms with van der Waals surface area (Å²) >= 11 is 12.4. The average molecular weight is 593 g/mol. The number of aliphatic imine (C=N–C) groups is 1. The van der Waals surface area contributed by atoms with Crippen molar-refractivity contribution in [2.45, 2.75) is 45.2 Å². The second-order valence-electron chi connectivity index (χ2n) is 9.65. The first-order valence-electron chi connectivity index (χ1n) is 13.2. The molecule has 2 fully saturated rings. The van der Waals surface area contributed by atoms with Crippen LogP contribution in [0, 0.1) is 5.41 Å². The van der Waals surface area contributed by atoms with Crippen LogP contribution in [0.1, 0.15) is 49.2 Å². The highest BCUT2D eigenvalue weighted by atomic mass is 35.5. The summed E-state index contributed by atoms with van der Waals surface area (Å²) in [6.45, 7) is 7.82. The zero-order valence-corrected chi connectivity index (χ0v) is 24.1. The third-order valence-corrected chi connectivity index (χ3v) is 7.70. The van der Waals surface area contributed by atoms with Crippen molar-refractivity contribution in [1.82, 2.24) is 24.8 Å². The number of hydrogen-bond acceptors (Lipinski definition) is 11. The van der Waals surface area contributed by atoms with Crippen LogP contribution in [0.3, 0.4) is 0 Å². The summed E-state index contributed by atoms with van der Waals surface area (Å²) in [5, 5.41) is 8.51. The van der Waals surface area contributed by atoms with Crippen LogP contribution < -0.4 is 22.1 Å². The van der Waals surface area contributed by atoms with Gasteiger partial charge in [0.15, 0.2) is 22.5 Å². The lowest BCUT2D eigenvalue weighted by Gasteiger charge is -2.47. The van der Waals surface area contributed by atoms with Crippen LogP contribution in [0.25, 0.3) is 0 Å². The number of nitrogens with two attached hydrogens (primary N) is 3. The van der Waals surface area contributed by atoms with Crippen LogP contribution in [-0.2, 0) is 4.74 Å². The highest BCUT2D eigenvalue weighted by molar-refractivity contribution is 6.32. The number of rotatable bonds is 6. The Labute approximate surface area is 243 Å². The predicted octanol–water partition coefficient (Wildman–Crippen LogP) is 2.22. The van der Waals surface area contributed by atoms with Gasteiger partial charge in [0, 0.05) is 51.4 Å². The van der Waals surface area contributed by atoms with Crippen molar-refractivity contribution < 1.29 is 9.53 Å². The molecule has 40 heavy (non-hydrogen) atoms. The number of amides is 1. The van der Waals surface area contributed by atoms with E-state index in [9.17, 15) is 4.79 Å². The summed E-state index contributed by atoms with van der Waals surface area (Å²) in [5.41, 5.74) is 18.1. The van der Waals surface area contributed by atoms with Crippen LogP contribution in [-0.4, -0.2) is 93.9 Å². The Hall–Kier alpha value is -3.42. The fourth-order valence-electron chi connectivity index (χ4n) is 5.24. The molecule has 2 aromatic heterocycles. The molecule has 2 aliphatic rings. The van der Waals surface area contributed by atoms with Gasteiger partial charge in [-0.2, -0.15) is 0 Å². The molecule has 1 amide bonds. The number of carbonyl (C=O) groups is 1. The number of amidine groups is 1. The Morgan fingerprint density at radius 3 is 2.48 bits per heavy atom. The summed E-state index contributed by atoms with van der Waals surface area (Å²) in [7, 11) is 0. The van der Waals surface area contributed by atoms with Gasteiger partial charge in [0.1, 0.15) is 11.0 Å². The minimum atomic E-state index is -0.371. The zero-order chi connectivity index (χ0) is 29.0.